The summed E-state index contributed by atoms with van der Waals surface area (Å²) in [6.45, 7) is 23.9. The molecule has 0 radical (unpaired) electrons. The molecule has 5 nitrogen and oxygen atoms in total. The largest absolute Gasteiger partial charge is 0.416 e. The Morgan fingerprint density at radius 1 is 1.06 bits per heavy atom. The summed E-state index contributed by atoms with van der Waals surface area (Å²) in [5, 5.41) is 0. The Kier molecular flexibility index (Phi) is 6.98. The number of Topliss-reactive ketones (excluding diaryl/α,β-unsaturated/α-hetero) is 1. The van der Waals surface area contributed by atoms with E-state index >= 15 is 0 Å². The molecule has 2 aliphatic carbocycles. The summed E-state index contributed by atoms with van der Waals surface area (Å²) < 4.78 is 6.95. The maximum Gasteiger partial charge on any atom is 0.240 e. The summed E-state index contributed by atoms with van der Waals surface area (Å²) in [5.74, 6) is -0.532. The zero-order valence-corrected chi connectivity index (χ0v) is 24.3. The highest BCUT2D eigenvalue weighted by atomic mass is 28.4. The molecule has 1 saturated heterocycles. The van der Waals surface area contributed by atoms with Gasteiger partial charge in [0.2, 0.25) is 11.8 Å². The molecule has 6 heteroatoms. The van der Waals surface area contributed by atoms with Crippen LogP contribution in [-0.4, -0.2) is 43.5 Å². The van der Waals surface area contributed by atoms with Gasteiger partial charge in [-0.15, -0.1) is 0 Å². The van der Waals surface area contributed by atoms with Crippen molar-refractivity contribution < 1.29 is 18.8 Å². The molecular formula is C28H47NO4Si. The maximum atomic E-state index is 14.3. The molecule has 0 spiro atoms. The lowest BCUT2D eigenvalue weighted by Gasteiger charge is -2.48. The SMILES string of the molecule is CC(C)[Si](OC[C@@H]1[C@@H](C)C(=O)CC[C@@]1(C)C(=O)N1C(=O)[C@]2(C)C=C[C@H]1C2(C)C)(C(C)C)C(C)C. The van der Waals surface area contributed by atoms with Gasteiger partial charge in [0.05, 0.1) is 16.9 Å². The summed E-state index contributed by atoms with van der Waals surface area (Å²) in [6, 6.07) is -0.237. The van der Waals surface area contributed by atoms with E-state index in [9.17, 15) is 14.4 Å². The Hall–Kier alpha value is -1.27. The first-order valence-electron chi connectivity index (χ1n) is 13.2. The molecule has 192 valence electrons. The lowest BCUT2D eigenvalue weighted by molar-refractivity contribution is -0.160. The number of carbonyl (C=O) groups excluding carboxylic acids is 3. The monoisotopic (exact) mass is 489 g/mol. The number of likely N-dealkylation sites (tertiary alicyclic amines) is 1. The van der Waals surface area contributed by atoms with Crippen LogP contribution in [0.5, 0.6) is 0 Å². The third-order valence-electron chi connectivity index (χ3n) is 10.4. The van der Waals surface area contributed by atoms with E-state index in [0.29, 0.717) is 36.1 Å². The van der Waals surface area contributed by atoms with Crippen LogP contribution in [0.15, 0.2) is 12.2 Å². The average molecular weight is 490 g/mol. The zero-order valence-electron chi connectivity index (χ0n) is 23.3. The van der Waals surface area contributed by atoms with Gasteiger partial charge in [0, 0.05) is 30.3 Å². The predicted octanol–water partition coefficient (Wildman–Crippen LogP) is 6.14. The van der Waals surface area contributed by atoms with E-state index in [-0.39, 0.29) is 40.9 Å². The zero-order chi connectivity index (χ0) is 26.0. The maximum absolute atomic E-state index is 14.3. The fourth-order valence-electron chi connectivity index (χ4n) is 7.57. The van der Waals surface area contributed by atoms with Crippen LogP contribution >= 0.6 is 0 Å². The molecule has 3 rings (SSSR count). The van der Waals surface area contributed by atoms with E-state index in [0.717, 1.165) is 0 Å². The molecule has 1 heterocycles. The van der Waals surface area contributed by atoms with E-state index in [1.165, 1.54) is 4.90 Å². The number of rotatable bonds is 7. The van der Waals surface area contributed by atoms with Crippen LogP contribution in [0, 0.1) is 28.1 Å². The van der Waals surface area contributed by atoms with Crippen LogP contribution in [0.1, 0.15) is 89.0 Å². The predicted molar refractivity (Wildman–Crippen MR) is 139 cm³/mol. The molecular weight excluding hydrogens is 442 g/mol. The van der Waals surface area contributed by atoms with Gasteiger partial charge in [-0.3, -0.25) is 19.3 Å². The van der Waals surface area contributed by atoms with E-state index in [4.69, 9.17) is 4.43 Å². The minimum Gasteiger partial charge on any atom is -0.416 e. The minimum atomic E-state index is -2.17. The van der Waals surface area contributed by atoms with Gasteiger partial charge in [0.15, 0.2) is 8.32 Å². The topological polar surface area (TPSA) is 63.7 Å². The number of hydrogen-bond acceptors (Lipinski definition) is 4. The van der Waals surface area contributed by atoms with Crippen molar-refractivity contribution in [2.75, 3.05) is 6.61 Å². The second-order valence-corrected chi connectivity index (χ2v) is 18.6. The normalized spacial score (nSPS) is 35.4. The molecule has 0 aromatic carbocycles. The van der Waals surface area contributed by atoms with Crippen LogP contribution in [0.25, 0.3) is 0 Å². The fraction of sp³-hybridized carbons (Fsp3) is 0.821. The summed E-state index contributed by atoms with van der Waals surface area (Å²) in [7, 11) is -2.17. The Morgan fingerprint density at radius 3 is 2.03 bits per heavy atom. The first-order chi connectivity index (χ1) is 15.5. The quantitative estimate of drug-likeness (QED) is 0.245. The van der Waals surface area contributed by atoms with Crippen LogP contribution in [0.4, 0.5) is 0 Å². The van der Waals surface area contributed by atoms with Gasteiger partial charge in [0.25, 0.3) is 0 Å². The molecule has 0 unspecified atom stereocenters. The molecule has 1 saturated carbocycles. The first kappa shape index (κ1) is 27.3. The highest BCUT2D eigenvalue weighted by Gasteiger charge is 2.66. The number of imide groups is 1. The molecule has 0 aromatic rings. The second kappa shape index (κ2) is 8.69. The molecule has 1 aliphatic heterocycles. The minimum absolute atomic E-state index is 0.101. The number of fused-ring (bicyclic) bond motifs is 2. The van der Waals surface area contributed by atoms with E-state index in [2.05, 4.69) is 55.4 Å². The van der Waals surface area contributed by atoms with E-state index < -0.39 is 19.1 Å². The lowest BCUT2D eigenvalue weighted by atomic mass is 9.62. The Bertz CT molecular complexity index is 869. The van der Waals surface area contributed by atoms with Crippen molar-refractivity contribution in [2.24, 2.45) is 28.1 Å². The van der Waals surface area contributed by atoms with Gasteiger partial charge in [-0.2, -0.15) is 0 Å². The molecule has 0 aromatic heterocycles. The summed E-state index contributed by atoms with van der Waals surface area (Å²) in [4.78, 5) is 42.2. The molecule has 2 fully saturated rings. The summed E-state index contributed by atoms with van der Waals surface area (Å²) in [5.41, 5.74) is -0.546. The molecule has 5 atom stereocenters. The summed E-state index contributed by atoms with van der Waals surface area (Å²) in [6.07, 6.45) is 4.86. The van der Waals surface area contributed by atoms with Crippen molar-refractivity contribution in [1.82, 2.24) is 4.90 Å². The summed E-state index contributed by atoms with van der Waals surface area (Å²) >= 11 is 0. The van der Waals surface area contributed by atoms with Crippen molar-refractivity contribution >= 4 is 25.9 Å². The van der Waals surface area contributed by atoms with E-state index in [1.807, 2.05) is 32.9 Å². The third kappa shape index (κ3) is 3.53. The van der Waals surface area contributed by atoms with Crippen LogP contribution < -0.4 is 0 Å². The second-order valence-electron chi connectivity index (χ2n) is 13.1. The van der Waals surface area contributed by atoms with Crippen LogP contribution in [0.3, 0.4) is 0 Å². The van der Waals surface area contributed by atoms with Gasteiger partial charge in [-0.05, 0) is 30.0 Å². The van der Waals surface area contributed by atoms with Gasteiger partial charge in [-0.1, -0.05) is 81.4 Å². The Labute approximate surface area is 208 Å². The first-order valence-corrected chi connectivity index (χ1v) is 15.4. The number of ketones is 1. The van der Waals surface area contributed by atoms with Crippen LogP contribution in [-0.2, 0) is 18.8 Å². The molecule has 2 bridgehead atoms. The number of amides is 2. The Morgan fingerprint density at radius 2 is 1.59 bits per heavy atom. The molecule has 0 N–H and O–H groups in total. The number of carbonyl (C=O) groups is 3. The lowest BCUT2D eigenvalue weighted by Crippen LogP contribution is -2.57. The highest BCUT2D eigenvalue weighted by molar-refractivity contribution is 6.77. The standard InChI is InChI=1S/C28H47NO4Si/c1-17(2)34(18(3)4,19(5)6)33-16-21-20(7)22(30)12-14-27(21,10)24(31)29-23-13-15-28(11,25(29)32)26(23,8)9/h13,15,17-21,23H,12,14,16H2,1-11H3/t20-,21-,23+,27-,28+/m1/s1. The molecule has 2 amide bonds. The Balaban J connectivity index is 1.98. The van der Waals surface area contributed by atoms with Gasteiger partial charge in [-0.25, -0.2) is 0 Å². The third-order valence-corrected chi connectivity index (χ3v) is 16.5. The fourth-order valence-corrected chi connectivity index (χ4v) is 13.0. The highest BCUT2D eigenvalue weighted by Crippen LogP contribution is 2.58. The van der Waals surface area contributed by atoms with Crippen LogP contribution in [0.2, 0.25) is 16.6 Å². The van der Waals surface area contributed by atoms with Crippen molar-refractivity contribution in [2.45, 2.75) is 112 Å². The number of hydrogen-bond donors (Lipinski definition) is 0. The van der Waals surface area contributed by atoms with Crippen molar-refractivity contribution in [3.8, 4) is 0 Å². The van der Waals surface area contributed by atoms with Gasteiger partial charge < -0.3 is 4.43 Å². The van der Waals surface area contributed by atoms with Crippen molar-refractivity contribution in [1.29, 1.82) is 0 Å². The van der Waals surface area contributed by atoms with Gasteiger partial charge in [0.1, 0.15) is 5.78 Å². The van der Waals surface area contributed by atoms with Crippen molar-refractivity contribution in [3.05, 3.63) is 12.2 Å². The smallest absolute Gasteiger partial charge is 0.240 e. The molecule has 34 heavy (non-hydrogen) atoms. The number of nitrogens with zero attached hydrogens (tertiary/aromatic N) is 1. The van der Waals surface area contributed by atoms with Gasteiger partial charge >= 0.3 is 0 Å². The van der Waals surface area contributed by atoms with E-state index in [1.54, 1.807) is 0 Å². The average Bonchev–Trinajstić information content (AvgIpc) is 3.04. The van der Waals surface area contributed by atoms with Crippen molar-refractivity contribution in [3.63, 3.8) is 0 Å². The molecule has 3 aliphatic rings.